The summed E-state index contributed by atoms with van der Waals surface area (Å²) in [5.74, 6) is -0.536. The Bertz CT molecular complexity index is 515. The largest absolute Gasteiger partial charge is 0.468 e. The van der Waals surface area contributed by atoms with E-state index >= 15 is 0 Å². The molecule has 1 N–H and O–H groups in total. The van der Waals surface area contributed by atoms with Crippen LogP contribution in [0.15, 0.2) is 36.7 Å². The number of hydrogen-bond acceptors (Lipinski definition) is 5. The van der Waals surface area contributed by atoms with E-state index < -0.39 is 11.6 Å². The predicted molar refractivity (Wildman–Crippen MR) is 67.8 cm³/mol. The van der Waals surface area contributed by atoms with Gasteiger partial charge in [0.15, 0.2) is 0 Å². The standard InChI is InChI=1S/C13H15N3O3/c1-16-11(17)5-6-13(16,15-9-12(18)19-2)10-4-3-7-14-8-10/h3-8,15H,9H2,1-2H3. The van der Waals surface area contributed by atoms with Crippen molar-refractivity contribution in [3.63, 3.8) is 0 Å². The Hall–Kier alpha value is -2.21. The second-order valence-electron chi connectivity index (χ2n) is 4.17. The van der Waals surface area contributed by atoms with Gasteiger partial charge in [-0.25, -0.2) is 0 Å². The maximum Gasteiger partial charge on any atom is 0.319 e. The van der Waals surface area contributed by atoms with Gasteiger partial charge >= 0.3 is 5.97 Å². The molecule has 1 aliphatic heterocycles. The lowest BCUT2D eigenvalue weighted by Gasteiger charge is -2.36. The van der Waals surface area contributed by atoms with Crippen molar-refractivity contribution >= 4 is 11.9 Å². The minimum absolute atomic E-state index is 0.00659. The number of carbonyl (C=O) groups excluding carboxylic acids is 2. The first-order valence-electron chi connectivity index (χ1n) is 5.79. The molecule has 0 saturated carbocycles. The highest BCUT2D eigenvalue weighted by Crippen LogP contribution is 2.30. The third-order valence-corrected chi connectivity index (χ3v) is 3.16. The summed E-state index contributed by atoms with van der Waals surface area (Å²) in [4.78, 5) is 28.6. The molecule has 6 heteroatoms. The van der Waals surface area contributed by atoms with E-state index in [4.69, 9.17) is 0 Å². The van der Waals surface area contributed by atoms with Crippen LogP contribution in [0, 0.1) is 0 Å². The molecular weight excluding hydrogens is 246 g/mol. The topological polar surface area (TPSA) is 71.5 Å². The molecule has 100 valence electrons. The fourth-order valence-electron chi connectivity index (χ4n) is 2.03. The van der Waals surface area contributed by atoms with Crippen LogP contribution < -0.4 is 5.32 Å². The van der Waals surface area contributed by atoms with Crippen molar-refractivity contribution in [3.05, 3.63) is 42.2 Å². The molecule has 1 aromatic heterocycles. The summed E-state index contributed by atoms with van der Waals surface area (Å²) < 4.78 is 4.61. The second-order valence-corrected chi connectivity index (χ2v) is 4.17. The number of pyridine rings is 1. The van der Waals surface area contributed by atoms with Crippen LogP contribution in [0.5, 0.6) is 0 Å². The molecule has 1 aromatic rings. The Morgan fingerprint density at radius 2 is 2.37 bits per heavy atom. The maximum absolute atomic E-state index is 11.7. The summed E-state index contributed by atoms with van der Waals surface area (Å²) in [7, 11) is 2.99. The molecule has 2 rings (SSSR count). The average molecular weight is 261 g/mol. The molecule has 1 unspecified atom stereocenters. The van der Waals surface area contributed by atoms with Crippen LogP contribution in [-0.2, 0) is 20.0 Å². The minimum Gasteiger partial charge on any atom is -0.468 e. The zero-order chi connectivity index (χ0) is 13.9. The normalized spacial score (nSPS) is 21.8. The number of rotatable bonds is 4. The number of likely N-dealkylation sites (N-methyl/N-ethyl adjacent to an activating group) is 1. The van der Waals surface area contributed by atoms with E-state index in [1.54, 1.807) is 31.6 Å². The van der Waals surface area contributed by atoms with Crippen LogP contribution in [0.3, 0.4) is 0 Å². The second kappa shape index (κ2) is 5.19. The van der Waals surface area contributed by atoms with Crippen molar-refractivity contribution in [3.8, 4) is 0 Å². The fraction of sp³-hybridized carbons (Fsp3) is 0.308. The molecule has 0 bridgehead atoms. The van der Waals surface area contributed by atoms with Crippen LogP contribution in [0.1, 0.15) is 5.56 Å². The Morgan fingerprint density at radius 3 is 2.89 bits per heavy atom. The molecular formula is C13H15N3O3. The van der Waals surface area contributed by atoms with Crippen molar-refractivity contribution in [1.82, 2.24) is 15.2 Å². The molecule has 0 aromatic carbocycles. The van der Waals surface area contributed by atoms with E-state index in [9.17, 15) is 9.59 Å². The first kappa shape index (κ1) is 13.2. The van der Waals surface area contributed by atoms with Gasteiger partial charge in [-0.15, -0.1) is 0 Å². The van der Waals surface area contributed by atoms with Gasteiger partial charge in [0.2, 0.25) is 5.91 Å². The average Bonchev–Trinajstić information content (AvgIpc) is 2.75. The third-order valence-electron chi connectivity index (χ3n) is 3.16. The summed E-state index contributed by atoms with van der Waals surface area (Å²) in [6, 6.07) is 3.62. The van der Waals surface area contributed by atoms with E-state index in [1.807, 2.05) is 6.07 Å². The highest BCUT2D eigenvalue weighted by atomic mass is 16.5. The lowest BCUT2D eigenvalue weighted by Crippen LogP contribution is -2.53. The lowest BCUT2D eigenvalue weighted by atomic mass is 10.0. The SMILES string of the molecule is COC(=O)CNC1(c2cccnc2)C=CC(=O)N1C. The van der Waals surface area contributed by atoms with E-state index in [0.29, 0.717) is 0 Å². The summed E-state index contributed by atoms with van der Waals surface area (Å²) in [5.41, 5.74) is -0.0806. The third kappa shape index (κ3) is 2.34. The molecule has 1 aliphatic rings. The van der Waals surface area contributed by atoms with Gasteiger partial charge in [0.1, 0.15) is 5.66 Å². The number of aromatic nitrogens is 1. The van der Waals surface area contributed by atoms with Gasteiger partial charge < -0.3 is 9.64 Å². The number of nitrogens with zero attached hydrogens (tertiary/aromatic N) is 2. The summed E-state index contributed by atoms with van der Waals surface area (Å²) in [6.45, 7) is -0.00659. The van der Waals surface area contributed by atoms with Crippen LogP contribution in [-0.4, -0.2) is 42.5 Å². The van der Waals surface area contributed by atoms with Gasteiger partial charge in [0.05, 0.1) is 13.7 Å². The summed E-state index contributed by atoms with van der Waals surface area (Å²) in [5, 5.41) is 3.05. The van der Waals surface area contributed by atoms with Gasteiger partial charge in [0.25, 0.3) is 0 Å². The highest BCUT2D eigenvalue weighted by molar-refractivity contribution is 5.91. The molecule has 0 aliphatic carbocycles. The van der Waals surface area contributed by atoms with Crippen molar-refractivity contribution in [2.24, 2.45) is 0 Å². The summed E-state index contributed by atoms with van der Waals surface area (Å²) in [6.07, 6.45) is 6.49. The molecule has 6 nitrogen and oxygen atoms in total. The quantitative estimate of drug-likeness (QED) is 0.774. The number of amides is 1. The summed E-state index contributed by atoms with van der Waals surface area (Å²) >= 11 is 0. The molecule has 0 fully saturated rings. The predicted octanol–water partition coefficient (Wildman–Crippen LogP) is 0.0252. The molecule has 1 atom stereocenters. The number of carbonyl (C=O) groups is 2. The lowest BCUT2D eigenvalue weighted by molar-refractivity contribution is -0.141. The first-order valence-corrected chi connectivity index (χ1v) is 5.79. The van der Waals surface area contributed by atoms with Gasteiger partial charge in [-0.1, -0.05) is 6.07 Å². The van der Waals surface area contributed by atoms with Crippen molar-refractivity contribution < 1.29 is 14.3 Å². The number of methoxy groups -OCH3 is 1. The van der Waals surface area contributed by atoms with Gasteiger partial charge in [0, 0.05) is 31.1 Å². The zero-order valence-electron chi connectivity index (χ0n) is 10.8. The van der Waals surface area contributed by atoms with Crippen LogP contribution in [0.4, 0.5) is 0 Å². The smallest absolute Gasteiger partial charge is 0.319 e. The minimum atomic E-state index is -0.862. The molecule has 0 saturated heterocycles. The number of nitrogens with one attached hydrogen (secondary N) is 1. The van der Waals surface area contributed by atoms with Crippen LogP contribution >= 0.6 is 0 Å². The molecule has 0 radical (unpaired) electrons. The van der Waals surface area contributed by atoms with Crippen molar-refractivity contribution in [2.45, 2.75) is 5.66 Å². The first-order chi connectivity index (χ1) is 9.10. The van der Waals surface area contributed by atoms with Crippen molar-refractivity contribution in [1.29, 1.82) is 0 Å². The molecule has 2 heterocycles. The Kier molecular flexibility index (Phi) is 3.62. The number of hydrogen-bond donors (Lipinski definition) is 1. The number of ether oxygens (including phenoxy) is 1. The Labute approximate surface area is 111 Å². The van der Waals surface area contributed by atoms with Crippen LogP contribution in [0.2, 0.25) is 0 Å². The van der Waals surface area contributed by atoms with Gasteiger partial charge in [-0.05, 0) is 12.1 Å². The van der Waals surface area contributed by atoms with Gasteiger partial charge in [-0.2, -0.15) is 0 Å². The van der Waals surface area contributed by atoms with E-state index in [2.05, 4.69) is 15.0 Å². The molecule has 0 spiro atoms. The molecule has 1 amide bonds. The van der Waals surface area contributed by atoms with Crippen molar-refractivity contribution in [2.75, 3.05) is 20.7 Å². The van der Waals surface area contributed by atoms with Gasteiger partial charge in [-0.3, -0.25) is 19.9 Å². The number of esters is 1. The van der Waals surface area contributed by atoms with E-state index in [1.165, 1.54) is 18.1 Å². The molecule has 19 heavy (non-hydrogen) atoms. The Morgan fingerprint density at radius 1 is 1.58 bits per heavy atom. The fourth-order valence-corrected chi connectivity index (χ4v) is 2.03. The maximum atomic E-state index is 11.7. The monoisotopic (exact) mass is 261 g/mol. The van der Waals surface area contributed by atoms with E-state index in [-0.39, 0.29) is 12.5 Å². The highest BCUT2D eigenvalue weighted by Gasteiger charge is 2.40. The van der Waals surface area contributed by atoms with Crippen LogP contribution in [0.25, 0.3) is 0 Å². The van der Waals surface area contributed by atoms with E-state index in [0.717, 1.165) is 5.56 Å². The Balaban J connectivity index is 2.32. The zero-order valence-corrected chi connectivity index (χ0v) is 10.8.